The molecule has 0 radical (unpaired) electrons. The lowest BCUT2D eigenvalue weighted by molar-refractivity contribution is 0.211. The highest BCUT2D eigenvalue weighted by molar-refractivity contribution is 4.99. The Labute approximate surface area is 104 Å². The number of aromatic amines is 1. The maximum Gasteiger partial charge on any atom is 0.103 e. The summed E-state index contributed by atoms with van der Waals surface area (Å²) < 4.78 is 0. The Kier molecular flexibility index (Phi) is 4.57. The zero-order valence-electron chi connectivity index (χ0n) is 11.0. The summed E-state index contributed by atoms with van der Waals surface area (Å²) in [5.74, 6) is 1.92. The monoisotopic (exact) mass is 236 g/mol. The first-order chi connectivity index (χ1) is 8.24. The van der Waals surface area contributed by atoms with E-state index in [1.54, 1.807) is 0 Å². The van der Waals surface area contributed by atoms with Gasteiger partial charge in [-0.25, -0.2) is 4.98 Å². The van der Waals surface area contributed by atoms with Crippen molar-refractivity contribution in [3.63, 3.8) is 0 Å². The Balaban J connectivity index is 1.57. The second kappa shape index (κ2) is 6.17. The standard InChI is InChI=1S/C13H24N4/c1-11-15-10-13(16-11)9-14-6-3-12-4-7-17(2)8-5-12/h10,12,14H,3-9H2,1-2H3,(H,15,16). The van der Waals surface area contributed by atoms with Gasteiger partial charge in [0.2, 0.25) is 0 Å². The lowest BCUT2D eigenvalue weighted by Crippen LogP contribution is -2.31. The topological polar surface area (TPSA) is 44.0 Å². The third-order valence-electron chi connectivity index (χ3n) is 3.64. The number of hydrogen-bond acceptors (Lipinski definition) is 3. The number of likely N-dealkylation sites (tertiary alicyclic amines) is 1. The van der Waals surface area contributed by atoms with Crippen LogP contribution < -0.4 is 5.32 Å². The second-order valence-corrected chi connectivity index (χ2v) is 5.21. The Morgan fingerprint density at radius 1 is 1.47 bits per heavy atom. The number of imidazole rings is 1. The van der Waals surface area contributed by atoms with Crippen molar-refractivity contribution in [2.45, 2.75) is 32.7 Å². The van der Waals surface area contributed by atoms with Gasteiger partial charge in [-0.3, -0.25) is 0 Å². The molecule has 1 aliphatic heterocycles. The van der Waals surface area contributed by atoms with Crippen molar-refractivity contribution in [3.8, 4) is 0 Å². The third-order valence-corrected chi connectivity index (χ3v) is 3.64. The van der Waals surface area contributed by atoms with Crippen molar-refractivity contribution in [1.82, 2.24) is 20.2 Å². The lowest BCUT2D eigenvalue weighted by atomic mass is 9.94. The maximum atomic E-state index is 4.19. The molecular weight excluding hydrogens is 212 g/mol. The minimum atomic E-state index is 0.910. The normalized spacial score (nSPS) is 18.7. The molecule has 0 spiro atoms. The number of piperidine rings is 1. The third kappa shape index (κ3) is 4.13. The summed E-state index contributed by atoms with van der Waals surface area (Å²) in [5.41, 5.74) is 1.19. The molecule has 1 aromatic heterocycles. The predicted octanol–water partition coefficient (Wildman–Crippen LogP) is 1.54. The van der Waals surface area contributed by atoms with Gasteiger partial charge in [0.25, 0.3) is 0 Å². The molecular formula is C13H24N4. The molecule has 0 unspecified atom stereocenters. The van der Waals surface area contributed by atoms with Gasteiger partial charge >= 0.3 is 0 Å². The number of rotatable bonds is 5. The van der Waals surface area contributed by atoms with Crippen molar-refractivity contribution in [2.75, 3.05) is 26.7 Å². The van der Waals surface area contributed by atoms with Crippen LogP contribution in [0.4, 0.5) is 0 Å². The van der Waals surface area contributed by atoms with Gasteiger partial charge in [-0.15, -0.1) is 0 Å². The van der Waals surface area contributed by atoms with Crippen LogP contribution in [0.15, 0.2) is 6.20 Å². The second-order valence-electron chi connectivity index (χ2n) is 5.21. The minimum Gasteiger partial charge on any atom is -0.345 e. The van der Waals surface area contributed by atoms with Crippen molar-refractivity contribution in [3.05, 3.63) is 17.7 Å². The molecule has 0 amide bonds. The molecule has 0 aromatic carbocycles. The predicted molar refractivity (Wildman–Crippen MR) is 69.9 cm³/mol. The van der Waals surface area contributed by atoms with E-state index < -0.39 is 0 Å². The maximum absolute atomic E-state index is 4.19. The number of H-pyrrole nitrogens is 1. The Morgan fingerprint density at radius 2 is 2.24 bits per heavy atom. The molecule has 2 rings (SSSR count). The summed E-state index contributed by atoms with van der Waals surface area (Å²) in [6.07, 6.45) is 5.95. The summed E-state index contributed by atoms with van der Waals surface area (Å²) in [5, 5.41) is 3.49. The fourth-order valence-corrected chi connectivity index (χ4v) is 2.44. The number of aromatic nitrogens is 2. The van der Waals surface area contributed by atoms with E-state index in [0.717, 1.165) is 24.8 Å². The smallest absolute Gasteiger partial charge is 0.103 e. The average Bonchev–Trinajstić information content (AvgIpc) is 2.73. The first-order valence-corrected chi connectivity index (χ1v) is 6.64. The summed E-state index contributed by atoms with van der Waals surface area (Å²) >= 11 is 0. The molecule has 4 nitrogen and oxygen atoms in total. The van der Waals surface area contributed by atoms with E-state index >= 15 is 0 Å². The van der Waals surface area contributed by atoms with Crippen LogP contribution in [0.1, 0.15) is 30.8 Å². The first-order valence-electron chi connectivity index (χ1n) is 6.64. The van der Waals surface area contributed by atoms with Gasteiger partial charge in [0.05, 0.1) is 0 Å². The Bertz CT molecular complexity index is 326. The van der Waals surface area contributed by atoms with Crippen molar-refractivity contribution >= 4 is 0 Å². The zero-order chi connectivity index (χ0) is 12.1. The molecule has 1 fully saturated rings. The molecule has 96 valence electrons. The molecule has 2 N–H and O–H groups in total. The SMILES string of the molecule is Cc1ncc(CNCCC2CCN(C)CC2)[nH]1. The van der Waals surface area contributed by atoms with Gasteiger partial charge in [0, 0.05) is 18.4 Å². The van der Waals surface area contributed by atoms with E-state index in [1.807, 2.05) is 13.1 Å². The van der Waals surface area contributed by atoms with E-state index in [1.165, 1.54) is 38.0 Å². The fourth-order valence-electron chi connectivity index (χ4n) is 2.44. The molecule has 0 aliphatic carbocycles. The van der Waals surface area contributed by atoms with Gasteiger partial charge < -0.3 is 15.2 Å². The Hall–Kier alpha value is -0.870. The van der Waals surface area contributed by atoms with Crippen LogP contribution in [0.5, 0.6) is 0 Å². The van der Waals surface area contributed by atoms with E-state index in [0.29, 0.717) is 0 Å². The van der Waals surface area contributed by atoms with E-state index in [4.69, 9.17) is 0 Å². The molecule has 0 saturated carbocycles. The van der Waals surface area contributed by atoms with Gasteiger partial charge in [-0.1, -0.05) is 0 Å². The van der Waals surface area contributed by atoms with Gasteiger partial charge in [0.1, 0.15) is 5.82 Å². The van der Waals surface area contributed by atoms with E-state index in [9.17, 15) is 0 Å². The van der Waals surface area contributed by atoms with Crippen LogP contribution in [0.3, 0.4) is 0 Å². The number of nitrogens with zero attached hydrogens (tertiary/aromatic N) is 2. The molecule has 0 atom stereocenters. The average molecular weight is 236 g/mol. The molecule has 0 bridgehead atoms. The fraction of sp³-hybridized carbons (Fsp3) is 0.769. The van der Waals surface area contributed by atoms with Crippen LogP contribution in [0.2, 0.25) is 0 Å². The number of nitrogens with one attached hydrogen (secondary N) is 2. The number of aryl methyl sites for hydroxylation is 1. The van der Waals surface area contributed by atoms with Crippen molar-refractivity contribution in [1.29, 1.82) is 0 Å². The minimum absolute atomic E-state index is 0.910. The highest BCUT2D eigenvalue weighted by atomic mass is 15.1. The Morgan fingerprint density at radius 3 is 2.88 bits per heavy atom. The van der Waals surface area contributed by atoms with E-state index in [-0.39, 0.29) is 0 Å². The molecule has 17 heavy (non-hydrogen) atoms. The van der Waals surface area contributed by atoms with Gasteiger partial charge in [0.15, 0.2) is 0 Å². The van der Waals surface area contributed by atoms with Gasteiger partial charge in [-0.05, 0) is 58.8 Å². The highest BCUT2D eigenvalue weighted by Gasteiger charge is 2.15. The number of hydrogen-bond donors (Lipinski definition) is 2. The van der Waals surface area contributed by atoms with Crippen LogP contribution in [0, 0.1) is 12.8 Å². The largest absolute Gasteiger partial charge is 0.345 e. The van der Waals surface area contributed by atoms with Crippen LogP contribution in [-0.2, 0) is 6.54 Å². The summed E-state index contributed by atoms with van der Waals surface area (Å²) in [7, 11) is 2.22. The highest BCUT2D eigenvalue weighted by Crippen LogP contribution is 2.18. The zero-order valence-corrected chi connectivity index (χ0v) is 11.0. The van der Waals surface area contributed by atoms with E-state index in [2.05, 4.69) is 27.2 Å². The van der Waals surface area contributed by atoms with Crippen LogP contribution in [-0.4, -0.2) is 41.5 Å². The summed E-state index contributed by atoms with van der Waals surface area (Å²) in [4.78, 5) is 9.86. The summed E-state index contributed by atoms with van der Waals surface area (Å²) in [6, 6.07) is 0. The lowest BCUT2D eigenvalue weighted by Gasteiger charge is -2.28. The first kappa shape index (κ1) is 12.6. The van der Waals surface area contributed by atoms with Crippen LogP contribution >= 0.6 is 0 Å². The molecule has 1 aromatic rings. The molecule has 2 heterocycles. The molecule has 4 heteroatoms. The van der Waals surface area contributed by atoms with Crippen LogP contribution in [0.25, 0.3) is 0 Å². The van der Waals surface area contributed by atoms with Crippen molar-refractivity contribution < 1.29 is 0 Å². The quantitative estimate of drug-likeness (QED) is 0.762. The summed E-state index contributed by atoms with van der Waals surface area (Å²) in [6.45, 7) is 6.55. The molecule has 1 saturated heterocycles. The van der Waals surface area contributed by atoms with Gasteiger partial charge in [-0.2, -0.15) is 0 Å². The molecule has 1 aliphatic rings. The van der Waals surface area contributed by atoms with Crippen molar-refractivity contribution in [2.24, 2.45) is 5.92 Å².